The highest BCUT2D eigenvalue weighted by atomic mass is 32.1. The quantitative estimate of drug-likeness (QED) is 0.682. The summed E-state index contributed by atoms with van der Waals surface area (Å²) in [6.07, 6.45) is 0. The highest BCUT2D eigenvalue weighted by Gasteiger charge is 1.95. The summed E-state index contributed by atoms with van der Waals surface area (Å²) < 4.78 is 0. The maximum atomic E-state index is 4.09. The van der Waals surface area contributed by atoms with Gasteiger partial charge in [0.05, 0.1) is 11.2 Å². The molecule has 0 radical (unpaired) electrons. The van der Waals surface area contributed by atoms with Crippen molar-refractivity contribution in [3.63, 3.8) is 0 Å². The minimum atomic E-state index is 0.975. The van der Waals surface area contributed by atoms with Crippen LogP contribution in [-0.4, -0.2) is 11.5 Å². The van der Waals surface area contributed by atoms with Gasteiger partial charge in [-0.25, -0.2) is 4.98 Å². The summed E-state index contributed by atoms with van der Waals surface area (Å²) in [6.45, 7) is 5.07. The lowest BCUT2D eigenvalue weighted by atomic mass is 10.5. The van der Waals surface area contributed by atoms with Crippen molar-refractivity contribution in [2.24, 2.45) is 0 Å². The van der Waals surface area contributed by atoms with Gasteiger partial charge in [0, 0.05) is 6.54 Å². The van der Waals surface area contributed by atoms with E-state index in [2.05, 4.69) is 17.2 Å². The minimum absolute atomic E-state index is 0.975. The number of rotatable bonds is 2. The molecule has 0 aliphatic carbocycles. The molecule has 1 heterocycles. The zero-order chi connectivity index (χ0) is 6.69. The first-order chi connectivity index (χ1) is 4.34. The summed E-state index contributed by atoms with van der Waals surface area (Å²) in [5.74, 6) is 0. The summed E-state index contributed by atoms with van der Waals surface area (Å²) >= 11 is 1.65. The van der Waals surface area contributed by atoms with E-state index in [1.165, 1.54) is 5.00 Å². The molecule has 1 aromatic heterocycles. The summed E-state index contributed by atoms with van der Waals surface area (Å²) in [5, 5.41) is 4.40. The molecule has 0 amide bonds. The van der Waals surface area contributed by atoms with Crippen molar-refractivity contribution >= 4 is 16.3 Å². The Balaban J connectivity index is 2.69. The molecule has 2 nitrogen and oxygen atoms in total. The van der Waals surface area contributed by atoms with Crippen molar-refractivity contribution in [2.45, 2.75) is 13.8 Å². The maximum Gasteiger partial charge on any atom is 0.111 e. The molecular formula is C6H10N2S. The van der Waals surface area contributed by atoms with Gasteiger partial charge in [-0.3, -0.25) is 0 Å². The highest BCUT2D eigenvalue weighted by Crippen LogP contribution is 2.17. The SMILES string of the molecule is CCNc1scnc1C. The third kappa shape index (κ3) is 1.42. The number of hydrogen-bond acceptors (Lipinski definition) is 3. The van der Waals surface area contributed by atoms with E-state index in [1.54, 1.807) is 11.3 Å². The first-order valence-electron chi connectivity index (χ1n) is 2.98. The van der Waals surface area contributed by atoms with Crippen LogP contribution in [0.1, 0.15) is 12.6 Å². The number of nitrogens with one attached hydrogen (secondary N) is 1. The lowest BCUT2D eigenvalue weighted by Crippen LogP contribution is -1.94. The van der Waals surface area contributed by atoms with E-state index in [9.17, 15) is 0 Å². The molecule has 0 aromatic carbocycles. The highest BCUT2D eigenvalue weighted by molar-refractivity contribution is 7.14. The van der Waals surface area contributed by atoms with E-state index in [-0.39, 0.29) is 0 Å². The molecule has 0 bridgehead atoms. The molecule has 1 rings (SSSR count). The van der Waals surface area contributed by atoms with Gasteiger partial charge < -0.3 is 5.32 Å². The first-order valence-corrected chi connectivity index (χ1v) is 3.86. The lowest BCUT2D eigenvalue weighted by molar-refractivity contribution is 1.19. The average molecular weight is 142 g/mol. The van der Waals surface area contributed by atoms with Crippen LogP contribution in [-0.2, 0) is 0 Å². The number of aromatic nitrogens is 1. The molecule has 1 aromatic rings. The van der Waals surface area contributed by atoms with Gasteiger partial charge in [-0.2, -0.15) is 0 Å². The van der Waals surface area contributed by atoms with Gasteiger partial charge >= 0.3 is 0 Å². The number of nitrogens with zero attached hydrogens (tertiary/aromatic N) is 1. The van der Waals surface area contributed by atoms with Crippen LogP contribution in [0.5, 0.6) is 0 Å². The molecule has 50 valence electrons. The van der Waals surface area contributed by atoms with Gasteiger partial charge in [0.2, 0.25) is 0 Å². The fraction of sp³-hybridized carbons (Fsp3) is 0.500. The molecular weight excluding hydrogens is 132 g/mol. The fourth-order valence-electron chi connectivity index (χ4n) is 0.632. The van der Waals surface area contributed by atoms with E-state index in [0.29, 0.717) is 0 Å². The van der Waals surface area contributed by atoms with Crippen LogP contribution in [0.25, 0.3) is 0 Å². The maximum absolute atomic E-state index is 4.09. The predicted molar refractivity (Wildman–Crippen MR) is 41.0 cm³/mol. The van der Waals surface area contributed by atoms with Crippen molar-refractivity contribution in [1.29, 1.82) is 0 Å². The molecule has 0 spiro atoms. The molecule has 0 aliphatic heterocycles. The Bertz CT molecular complexity index is 183. The monoisotopic (exact) mass is 142 g/mol. The Morgan fingerprint density at radius 3 is 3.00 bits per heavy atom. The van der Waals surface area contributed by atoms with E-state index in [0.717, 1.165) is 12.2 Å². The largest absolute Gasteiger partial charge is 0.376 e. The second-order valence-electron chi connectivity index (χ2n) is 1.80. The second-order valence-corrected chi connectivity index (χ2v) is 2.65. The van der Waals surface area contributed by atoms with Crippen LogP contribution in [0.4, 0.5) is 5.00 Å². The average Bonchev–Trinajstić information content (AvgIpc) is 2.18. The number of anilines is 1. The van der Waals surface area contributed by atoms with Crippen LogP contribution >= 0.6 is 11.3 Å². The standard InChI is InChI=1S/C6H10N2S/c1-3-7-6-5(2)8-4-9-6/h4,7H,3H2,1-2H3. The minimum Gasteiger partial charge on any atom is -0.376 e. The third-order valence-electron chi connectivity index (χ3n) is 1.08. The van der Waals surface area contributed by atoms with Crippen LogP contribution in [0.2, 0.25) is 0 Å². The van der Waals surface area contributed by atoms with Crippen molar-refractivity contribution < 1.29 is 0 Å². The van der Waals surface area contributed by atoms with Gasteiger partial charge in [0.15, 0.2) is 0 Å². The van der Waals surface area contributed by atoms with E-state index in [4.69, 9.17) is 0 Å². The number of aryl methyl sites for hydroxylation is 1. The summed E-state index contributed by atoms with van der Waals surface area (Å²) in [6, 6.07) is 0. The van der Waals surface area contributed by atoms with Crippen LogP contribution < -0.4 is 5.32 Å². The van der Waals surface area contributed by atoms with Gasteiger partial charge in [0.1, 0.15) is 5.00 Å². The predicted octanol–water partition coefficient (Wildman–Crippen LogP) is 1.88. The molecule has 0 saturated carbocycles. The number of hydrogen-bond donors (Lipinski definition) is 1. The zero-order valence-corrected chi connectivity index (χ0v) is 6.46. The summed E-state index contributed by atoms with van der Waals surface area (Å²) in [5.41, 5.74) is 2.95. The lowest BCUT2D eigenvalue weighted by Gasteiger charge is -1.96. The Morgan fingerprint density at radius 1 is 1.78 bits per heavy atom. The van der Waals surface area contributed by atoms with Crippen molar-refractivity contribution in [2.75, 3.05) is 11.9 Å². The molecule has 0 atom stereocenters. The van der Waals surface area contributed by atoms with Crippen molar-refractivity contribution in [3.05, 3.63) is 11.2 Å². The summed E-state index contributed by atoms with van der Waals surface area (Å²) in [4.78, 5) is 4.09. The zero-order valence-electron chi connectivity index (χ0n) is 5.64. The van der Waals surface area contributed by atoms with Gasteiger partial charge in [-0.05, 0) is 13.8 Å². The first kappa shape index (κ1) is 6.55. The van der Waals surface area contributed by atoms with Crippen LogP contribution in [0.15, 0.2) is 5.51 Å². The Kier molecular flexibility index (Phi) is 2.05. The second kappa shape index (κ2) is 2.82. The fourth-order valence-corrected chi connectivity index (χ4v) is 1.40. The van der Waals surface area contributed by atoms with Crippen molar-refractivity contribution in [1.82, 2.24) is 4.98 Å². The molecule has 0 unspecified atom stereocenters. The molecule has 1 N–H and O–H groups in total. The normalized spacial score (nSPS) is 9.56. The van der Waals surface area contributed by atoms with E-state index < -0.39 is 0 Å². The van der Waals surface area contributed by atoms with Gasteiger partial charge in [0.25, 0.3) is 0 Å². The van der Waals surface area contributed by atoms with Crippen LogP contribution in [0, 0.1) is 6.92 Å². The van der Waals surface area contributed by atoms with Crippen molar-refractivity contribution in [3.8, 4) is 0 Å². The van der Waals surface area contributed by atoms with E-state index >= 15 is 0 Å². The Morgan fingerprint density at radius 2 is 2.56 bits per heavy atom. The topological polar surface area (TPSA) is 24.9 Å². The smallest absolute Gasteiger partial charge is 0.111 e. The van der Waals surface area contributed by atoms with Gasteiger partial charge in [-0.1, -0.05) is 0 Å². The molecule has 0 fully saturated rings. The molecule has 0 aliphatic rings. The number of thiazole rings is 1. The molecule has 0 saturated heterocycles. The van der Waals surface area contributed by atoms with E-state index in [1.807, 2.05) is 12.4 Å². The Labute approximate surface area is 58.9 Å². The Hall–Kier alpha value is -0.570. The third-order valence-corrected chi connectivity index (χ3v) is 1.97. The summed E-state index contributed by atoms with van der Waals surface area (Å²) in [7, 11) is 0. The molecule has 9 heavy (non-hydrogen) atoms. The van der Waals surface area contributed by atoms with Gasteiger partial charge in [-0.15, -0.1) is 11.3 Å². The molecule has 3 heteroatoms. The van der Waals surface area contributed by atoms with Crippen LogP contribution in [0.3, 0.4) is 0 Å².